The lowest BCUT2D eigenvalue weighted by Crippen LogP contribution is -2.51. The van der Waals surface area contributed by atoms with Crippen LogP contribution in [0.5, 0.6) is 0 Å². The van der Waals surface area contributed by atoms with E-state index in [1.165, 1.54) is 72.4 Å². The van der Waals surface area contributed by atoms with Gasteiger partial charge in [0.2, 0.25) is 0 Å². The molecule has 0 radical (unpaired) electrons. The van der Waals surface area contributed by atoms with Crippen LogP contribution in [0.2, 0.25) is 0 Å². The summed E-state index contributed by atoms with van der Waals surface area (Å²) in [6.45, 7) is 66.2. The first-order valence-corrected chi connectivity index (χ1v) is 51.1. The van der Waals surface area contributed by atoms with Crippen molar-refractivity contribution in [3.63, 3.8) is 0 Å². The van der Waals surface area contributed by atoms with Gasteiger partial charge in [0.1, 0.15) is 39.2 Å². The van der Waals surface area contributed by atoms with Crippen LogP contribution in [-0.2, 0) is 33.2 Å². The van der Waals surface area contributed by atoms with Gasteiger partial charge in [0.05, 0.1) is 17.8 Å². The standard InChI is InChI=1S/3C18H25NO2.C17H24N2O2.3C17H23NO2.H2S/c1-13-11-16(15-9-7-6-8-10-15)12-14(2)19(13)17(20)21-18(3,4)5;1-17(2,3)21-16(20)19-12-11-15(13-18(19,4)5)14-9-7-6-8-10-14;1-17(2,3)21-16(20)19-13-15(11-12-18(19,4)5)14-9-7-6-8-10-14;1-16(2,3)21-15(20)19-11-9-13(12-17(19,4)5)14-8-6-7-10-18-14;1-13-15(14-9-6-5-7-10-14)11-8-12-18(13)16(19)20-17(2,3)4;1-13-12-15(14-8-6-5-7-9-14)10-11-18(13)16(19)20-17(2,3)4;1-13-10-11-15(14-8-6-5-7-9-14)12-18(13)16(19)20-17(2,3)4;/h6-11,13-14H,12H2,1-5H3;2*6-11H,12-13H2,1-5H3;6-10H,11-12H2,1-5H3;5-7,9-11,13H,8,12H2,1-4H3;5-10,13H,11-12H2,1-4H3;5-9,11,13H,10,12H2,1-4H3;1H2. The van der Waals surface area contributed by atoms with Gasteiger partial charge in [-0.1, -0.05) is 231 Å². The Morgan fingerprint density at radius 2 is 0.648 bits per heavy atom. The quantitative estimate of drug-likeness (QED) is 0.135. The van der Waals surface area contributed by atoms with Gasteiger partial charge in [-0.15, -0.1) is 0 Å². The zero-order chi connectivity index (χ0) is 107. The number of carbonyl (C=O) groups excluding carboxylic acids is 7. The molecular formula is C122H170N8O14S. The van der Waals surface area contributed by atoms with E-state index in [2.05, 4.69) is 190 Å². The van der Waals surface area contributed by atoms with Crippen molar-refractivity contribution >= 4 is 95.2 Å². The number of hydrogen-bond donors (Lipinski definition) is 0. The molecule has 0 bridgehead atoms. The molecule has 0 fully saturated rings. The van der Waals surface area contributed by atoms with E-state index in [1.54, 1.807) is 16.0 Å². The van der Waals surface area contributed by atoms with E-state index in [1.807, 2.05) is 304 Å². The van der Waals surface area contributed by atoms with Crippen LogP contribution < -0.4 is 0 Å². The predicted molar refractivity (Wildman–Crippen MR) is 597 cm³/mol. The fourth-order valence-corrected chi connectivity index (χ4v) is 17.4. The van der Waals surface area contributed by atoms with Crippen molar-refractivity contribution in [2.75, 3.05) is 39.3 Å². The van der Waals surface area contributed by atoms with E-state index in [9.17, 15) is 33.6 Å². The first kappa shape index (κ1) is 120. The van der Waals surface area contributed by atoms with Crippen LogP contribution in [0, 0.1) is 0 Å². The average molecular weight is 2000 g/mol. The minimum Gasteiger partial charge on any atom is -0.444 e. The lowest BCUT2D eigenvalue weighted by molar-refractivity contribution is 0.00492. The fourth-order valence-electron chi connectivity index (χ4n) is 17.4. The maximum Gasteiger partial charge on any atom is 0.411 e. The third kappa shape index (κ3) is 39.0. The molecule has 23 heteroatoms. The van der Waals surface area contributed by atoms with Crippen molar-refractivity contribution in [3.05, 3.63) is 288 Å². The van der Waals surface area contributed by atoms with Gasteiger partial charge in [-0.3, -0.25) is 24.6 Å². The highest BCUT2D eigenvalue weighted by molar-refractivity contribution is 7.59. The van der Waals surface area contributed by atoms with Gasteiger partial charge in [0, 0.05) is 80.2 Å². The Balaban J connectivity index is 0.000000229. The van der Waals surface area contributed by atoms with E-state index < -0.39 is 39.2 Å². The molecule has 22 nitrogen and oxygen atoms in total. The molecule has 788 valence electrons. The molecule has 0 saturated carbocycles. The maximum atomic E-state index is 12.5. The number of nitrogens with zero attached hydrogens (tertiary/aromatic N) is 8. The Hall–Kier alpha value is -12.1. The minimum absolute atomic E-state index is 0. The van der Waals surface area contributed by atoms with Gasteiger partial charge < -0.3 is 47.9 Å². The van der Waals surface area contributed by atoms with Crippen LogP contribution in [0.25, 0.3) is 39.0 Å². The van der Waals surface area contributed by atoms with Gasteiger partial charge in [0.25, 0.3) is 0 Å². The number of rotatable bonds is 7. The molecule has 7 aromatic rings. The number of amides is 7. The Labute approximate surface area is 875 Å². The molecule has 0 saturated heterocycles. The Morgan fingerprint density at radius 3 is 1.05 bits per heavy atom. The number of ether oxygens (including phenoxy) is 7. The molecule has 5 atom stereocenters. The zero-order valence-corrected chi connectivity index (χ0v) is 94.0. The Morgan fingerprint density at radius 1 is 0.310 bits per heavy atom. The highest BCUT2D eigenvalue weighted by Gasteiger charge is 2.42. The molecule has 145 heavy (non-hydrogen) atoms. The molecule has 8 heterocycles. The molecule has 14 rings (SSSR count). The molecule has 5 unspecified atom stereocenters. The lowest BCUT2D eigenvalue weighted by atomic mass is 9.86. The molecule has 0 spiro atoms. The Kier molecular flexibility index (Phi) is 42.8. The van der Waals surface area contributed by atoms with Crippen molar-refractivity contribution in [1.82, 2.24) is 39.3 Å². The SMILES string of the molecule is CC(C)(C)OC(=O)N1CC(c2ccccc2)=CCC1(C)C.CC(C)(C)OC(=O)N1CC=C(c2ccccc2)CC1(C)C.CC(C)(C)OC(=O)N1CC=C(c2ccccn2)CC1(C)C.CC1C(c2ccccc2)=CCCN1C(=O)OC(C)(C)C.CC1C=C(c2ccccc2)CC(C)N1C(=O)OC(C)(C)C.CC1CC(c2ccccc2)=CCN1C(=O)OC(C)(C)C.CC1CC=C(c2ccccc2)CN1C(=O)OC(C)(C)C.S. The topological polar surface area (TPSA) is 220 Å². The van der Waals surface area contributed by atoms with E-state index >= 15 is 0 Å². The van der Waals surface area contributed by atoms with Crippen LogP contribution >= 0.6 is 13.5 Å². The maximum absolute atomic E-state index is 12.5. The summed E-state index contributed by atoms with van der Waals surface area (Å²) in [6, 6.07) is 68.1. The van der Waals surface area contributed by atoms with Crippen molar-refractivity contribution in [2.45, 2.75) is 353 Å². The molecule has 7 amide bonds. The van der Waals surface area contributed by atoms with Crippen molar-refractivity contribution in [3.8, 4) is 0 Å². The molecule has 0 N–H and O–H groups in total. The number of aromatic nitrogens is 1. The van der Waals surface area contributed by atoms with Crippen LogP contribution in [0.1, 0.15) is 306 Å². The second kappa shape index (κ2) is 51.8. The number of benzene rings is 6. The number of carbonyl (C=O) groups is 7. The second-order valence-electron chi connectivity index (χ2n) is 46.9. The van der Waals surface area contributed by atoms with Gasteiger partial charge in [-0.05, 0) is 351 Å². The molecule has 0 aliphatic carbocycles. The van der Waals surface area contributed by atoms with Crippen molar-refractivity contribution in [2.24, 2.45) is 0 Å². The number of pyridine rings is 1. The molecular weight excluding hydrogens is 1830 g/mol. The zero-order valence-electron chi connectivity index (χ0n) is 93.0. The predicted octanol–water partition coefficient (Wildman–Crippen LogP) is 29.8. The fraction of sp³-hybridized carbons (Fsp3) is 0.492. The van der Waals surface area contributed by atoms with Gasteiger partial charge >= 0.3 is 42.7 Å². The normalized spacial score (nSPS) is 19.2. The first-order valence-electron chi connectivity index (χ1n) is 51.1. The average Bonchev–Trinajstić information content (AvgIpc) is 0.796. The molecule has 7 aliphatic heterocycles. The molecule has 1 aromatic heterocycles. The summed E-state index contributed by atoms with van der Waals surface area (Å²) < 4.78 is 38.5. The third-order valence-corrected chi connectivity index (χ3v) is 24.5. The van der Waals surface area contributed by atoms with Crippen LogP contribution in [0.3, 0.4) is 0 Å². The smallest absolute Gasteiger partial charge is 0.411 e. The van der Waals surface area contributed by atoms with E-state index in [4.69, 9.17) is 33.2 Å². The number of hydrogen-bond acceptors (Lipinski definition) is 15. The minimum atomic E-state index is -0.474. The van der Waals surface area contributed by atoms with E-state index in [0.717, 1.165) is 50.6 Å². The first-order chi connectivity index (χ1) is 67.0. The highest BCUT2D eigenvalue weighted by atomic mass is 32.1. The van der Waals surface area contributed by atoms with Crippen LogP contribution in [-0.4, -0.2) is 207 Å². The summed E-state index contributed by atoms with van der Waals surface area (Å²) in [5, 5.41) is 0. The van der Waals surface area contributed by atoms with Gasteiger partial charge in [0.15, 0.2) is 0 Å². The monoisotopic (exact) mass is 2000 g/mol. The summed E-state index contributed by atoms with van der Waals surface area (Å²) >= 11 is 0. The van der Waals surface area contributed by atoms with Gasteiger partial charge in [-0.25, -0.2) is 33.6 Å². The summed E-state index contributed by atoms with van der Waals surface area (Å²) in [4.78, 5) is 103. The summed E-state index contributed by atoms with van der Waals surface area (Å²) in [7, 11) is 0. The highest BCUT2D eigenvalue weighted by Crippen LogP contribution is 2.40. The van der Waals surface area contributed by atoms with Crippen molar-refractivity contribution in [1.29, 1.82) is 0 Å². The van der Waals surface area contributed by atoms with E-state index in [0.29, 0.717) is 39.3 Å². The largest absolute Gasteiger partial charge is 0.444 e. The van der Waals surface area contributed by atoms with E-state index in [-0.39, 0.29) is 103 Å². The Bertz CT molecular complexity index is 5430. The molecule has 6 aromatic carbocycles. The van der Waals surface area contributed by atoms with Gasteiger partial charge in [-0.2, -0.15) is 13.5 Å². The molecule has 7 aliphatic rings. The summed E-state index contributed by atoms with van der Waals surface area (Å²) in [6.07, 6.45) is 21.2. The summed E-state index contributed by atoms with van der Waals surface area (Å²) in [5.41, 5.74) is 12.9. The van der Waals surface area contributed by atoms with Crippen molar-refractivity contribution < 1.29 is 66.7 Å². The lowest BCUT2D eigenvalue weighted by Gasteiger charge is -2.42. The third-order valence-electron chi connectivity index (χ3n) is 24.5. The second-order valence-corrected chi connectivity index (χ2v) is 46.9. The summed E-state index contributed by atoms with van der Waals surface area (Å²) in [5.74, 6) is 0. The van der Waals surface area contributed by atoms with Crippen LogP contribution in [0.4, 0.5) is 33.6 Å². The van der Waals surface area contributed by atoms with Crippen LogP contribution in [0.15, 0.2) is 249 Å².